The Morgan fingerprint density at radius 2 is 1.92 bits per heavy atom. The van der Waals surface area contributed by atoms with E-state index in [9.17, 15) is 5.11 Å². The molecule has 1 atom stereocenters. The Hall–Kier alpha value is -0.820. The summed E-state index contributed by atoms with van der Waals surface area (Å²) >= 11 is 0. The van der Waals surface area contributed by atoms with E-state index in [1.807, 2.05) is 0 Å². The van der Waals surface area contributed by atoms with Gasteiger partial charge in [0.15, 0.2) is 0 Å². The maximum absolute atomic E-state index is 9.71. The van der Waals surface area contributed by atoms with Crippen LogP contribution in [0, 0.1) is 12.8 Å². The molecule has 0 amide bonds. The van der Waals surface area contributed by atoms with Crippen molar-refractivity contribution in [1.82, 2.24) is 0 Å². The molecule has 0 spiro atoms. The van der Waals surface area contributed by atoms with Crippen molar-refractivity contribution in [3.8, 4) is 0 Å². The highest BCUT2D eigenvalue weighted by molar-refractivity contribution is 5.22. The summed E-state index contributed by atoms with van der Waals surface area (Å²) in [6.07, 6.45) is 3.15. The number of hydrogen-bond acceptors (Lipinski definition) is 1. The number of aliphatic hydroxyl groups is 1. The first kappa shape index (κ1) is 8.76. The van der Waals surface area contributed by atoms with Crippen LogP contribution in [0.3, 0.4) is 0 Å². The van der Waals surface area contributed by atoms with Gasteiger partial charge in [-0.15, -0.1) is 0 Å². The van der Waals surface area contributed by atoms with E-state index in [1.165, 1.54) is 24.0 Å². The molecule has 2 rings (SSSR count). The lowest BCUT2D eigenvalue weighted by Gasteiger charge is -2.08. The van der Waals surface area contributed by atoms with Crippen LogP contribution in [0.15, 0.2) is 24.3 Å². The third kappa shape index (κ3) is 2.31. The van der Waals surface area contributed by atoms with E-state index >= 15 is 0 Å². The van der Waals surface area contributed by atoms with Gasteiger partial charge in [-0.2, -0.15) is 0 Å². The molecule has 1 heteroatoms. The molecular weight excluding hydrogens is 160 g/mol. The van der Waals surface area contributed by atoms with Crippen molar-refractivity contribution >= 4 is 0 Å². The fourth-order valence-electron chi connectivity index (χ4n) is 1.61. The molecule has 0 saturated heterocycles. The zero-order chi connectivity index (χ0) is 9.26. The summed E-state index contributed by atoms with van der Waals surface area (Å²) in [7, 11) is 0. The van der Waals surface area contributed by atoms with Crippen LogP contribution in [0.1, 0.15) is 24.0 Å². The molecule has 1 aliphatic rings. The average Bonchev–Trinajstić information content (AvgIpc) is 2.91. The summed E-state index contributed by atoms with van der Waals surface area (Å²) in [6.45, 7) is 2.08. The van der Waals surface area contributed by atoms with Crippen molar-refractivity contribution in [1.29, 1.82) is 0 Å². The SMILES string of the molecule is Cc1ccc(CC(O)C2CC2)cc1. The molecule has 1 aliphatic carbocycles. The Kier molecular flexibility index (Phi) is 2.36. The molecule has 0 heterocycles. The van der Waals surface area contributed by atoms with Gasteiger partial charge in [-0.25, -0.2) is 0 Å². The van der Waals surface area contributed by atoms with Crippen molar-refractivity contribution in [3.63, 3.8) is 0 Å². The quantitative estimate of drug-likeness (QED) is 0.749. The van der Waals surface area contributed by atoms with Gasteiger partial charge in [0.05, 0.1) is 6.10 Å². The van der Waals surface area contributed by atoms with Gasteiger partial charge in [-0.3, -0.25) is 0 Å². The number of benzene rings is 1. The van der Waals surface area contributed by atoms with Crippen LogP contribution in [0.2, 0.25) is 0 Å². The number of hydrogen-bond donors (Lipinski definition) is 1. The fourth-order valence-corrected chi connectivity index (χ4v) is 1.61. The smallest absolute Gasteiger partial charge is 0.0608 e. The van der Waals surface area contributed by atoms with E-state index in [0.29, 0.717) is 5.92 Å². The minimum atomic E-state index is -0.109. The molecule has 1 fully saturated rings. The second-order valence-corrected chi connectivity index (χ2v) is 4.09. The third-order valence-electron chi connectivity index (χ3n) is 2.73. The second kappa shape index (κ2) is 3.51. The highest BCUT2D eigenvalue weighted by Crippen LogP contribution is 2.33. The monoisotopic (exact) mass is 176 g/mol. The Morgan fingerprint density at radius 1 is 1.31 bits per heavy atom. The van der Waals surface area contributed by atoms with Gasteiger partial charge >= 0.3 is 0 Å². The highest BCUT2D eigenvalue weighted by atomic mass is 16.3. The van der Waals surface area contributed by atoms with Crippen LogP contribution >= 0.6 is 0 Å². The Balaban J connectivity index is 1.96. The minimum absolute atomic E-state index is 0.109. The zero-order valence-corrected chi connectivity index (χ0v) is 8.03. The van der Waals surface area contributed by atoms with Gasteiger partial charge in [0.25, 0.3) is 0 Å². The van der Waals surface area contributed by atoms with Crippen molar-refractivity contribution in [2.45, 2.75) is 32.3 Å². The maximum atomic E-state index is 9.71. The Bertz CT molecular complexity index is 272. The van der Waals surface area contributed by atoms with E-state index < -0.39 is 0 Å². The van der Waals surface area contributed by atoms with Crippen molar-refractivity contribution in [2.24, 2.45) is 5.92 Å². The molecule has 70 valence electrons. The molecule has 1 saturated carbocycles. The molecule has 0 bridgehead atoms. The summed E-state index contributed by atoms with van der Waals surface area (Å²) in [5, 5.41) is 9.71. The van der Waals surface area contributed by atoms with Crippen molar-refractivity contribution in [3.05, 3.63) is 35.4 Å². The lowest BCUT2D eigenvalue weighted by atomic mass is 10.0. The molecule has 1 aromatic rings. The van der Waals surface area contributed by atoms with E-state index in [4.69, 9.17) is 0 Å². The fraction of sp³-hybridized carbons (Fsp3) is 0.500. The van der Waals surface area contributed by atoms with Gasteiger partial charge < -0.3 is 5.11 Å². The van der Waals surface area contributed by atoms with Gasteiger partial charge in [-0.05, 0) is 37.7 Å². The molecule has 1 N–H and O–H groups in total. The molecule has 1 nitrogen and oxygen atoms in total. The molecule has 0 aromatic heterocycles. The van der Waals surface area contributed by atoms with Gasteiger partial charge in [0.2, 0.25) is 0 Å². The largest absolute Gasteiger partial charge is 0.392 e. The Labute approximate surface area is 79.4 Å². The van der Waals surface area contributed by atoms with E-state index in [-0.39, 0.29) is 6.10 Å². The number of aliphatic hydroxyl groups excluding tert-OH is 1. The summed E-state index contributed by atoms with van der Waals surface area (Å²) in [5.74, 6) is 0.585. The van der Waals surface area contributed by atoms with E-state index in [2.05, 4.69) is 31.2 Å². The molecule has 1 unspecified atom stereocenters. The summed E-state index contributed by atoms with van der Waals surface area (Å²) in [6, 6.07) is 8.44. The molecule has 0 radical (unpaired) electrons. The number of rotatable bonds is 3. The summed E-state index contributed by atoms with van der Waals surface area (Å²) in [5.41, 5.74) is 2.54. The van der Waals surface area contributed by atoms with Crippen molar-refractivity contribution in [2.75, 3.05) is 0 Å². The topological polar surface area (TPSA) is 20.2 Å². The maximum Gasteiger partial charge on any atom is 0.0608 e. The third-order valence-corrected chi connectivity index (χ3v) is 2.73. The highest BCUT2D eigenvalue weighted by Gasteiger charge is 2.29. The molecule has 1 aromatic carbocycles. The first-order valence-electron chi connectivity index (χ1n) is 4.99. The lowest BCUT2D eigenvalue weighted by molar-refractivity contribution is 0.151. The average molecular weight is 176 g/mol. The second-order valence-electron chi connectivity index (χ2n) is 4.09. The van der Waals surface area contributed by atoms with Crippen LogP contribution in [0.5, 0.6) is 0 Å². The van der Waals surface area contributed by atoms with Crippen LogP contribution in [-0.4, -0.2) is 11.2 Å². The Morgan fingerprint density at radius 3 is 2.46 bits per heavy atom. The number of aryl methyl sites for hydroxylation is 1. The van der Waals surface area contributed by atoms with E-state index in [0.717, 1.165) is 6.42 Å². The molecular formula is C12H16O. The normalized spacial score (nSPS) is 18.6. The van der Waals surface area contributed by atoms with Gasteiger partial charge in [0, 0.05) is 0 Å². The molecule has 13 heavy (non-hydrogen) atoms. The minimum Gasteiger partial charge on any atom is -0.392 e. The van der Waals surface area contributed by atoms with Crippen LogP contribution in [0.25, 0.3) is 0 Å². The summed E-state index contributed by atoms with van der Waals surface area (Å²) in [4.78, 5) is 0. The first-order chi connectivity index (χ1) is 6.25. The zero-order valence-electron chi connectivity index (χ0n) is 8.03. The van der Waals surface area contributed by atoms with Crippen molar-refractivity contribution < 1.29 is 5.11 Å². The van der Waals surface area contributed by atoms with Gasteiger partial charge in [-0.1, -0.05) is 29.8 Å². The standard InChI is InChI=1S/C12H16O/c1-9-2-4-10(5-3-9)8-12(13)11-6-7-11/h2-5,11-13H,6-8H2,1H3. The summed E-state index contributed by atoms with van der Waals surface area (Å²) < 4.78 is 0. The van der Waals surface area contributed by atoms with Gasteiger partial charge in [0.1, 0.15) is 0 Å². The van der Waals surface area contributed by atoms with Crippen LogP contribution < -0.4 is 0 Å². The first-order valence-corrected chi connectivity index (χ1v) is 4.99. The predicted octanol–water partition coefficient (Wildman–Crippen LogP) is 2.31. The van der Waals surface area contributed by atoms with Crippen LogP contribution in [-0.2, 0) is 6.42 Å². The molecule has 0 aliphatic heterocycles. The lowest BCUT2D eigenvalue weighted by Crippen LogP contribution is -2.12. The van der Waals surface area contributed by atoms with E-state index in [1.54, 1.807) is 0 Å². The van der Waals surface area contributed by atoms with Crippen LogP contribution in [0.4, 0.5) is 0 Å². The predicted molar refractivity (Wildman–Crippen MR) is 53.6 cm³/mol.